The van der Waals surface area contributed by atoms with Crippen LogP contribution in [0.5, 0.6) is 5.75 Å². The van der Waals surface area contributed by atoms with Gasteiger partial charge in [0.15, 0.2) is 0 Å². The van der Waals surface area contributed by atoms with Gasteiger partial charge in [-0.25, -0.2) is 0 Å². The van der Waals surface area contributed by atoms with Gasteiger partial charge in [0.1, 0.15) is 11.4 Å². The van der Waals surface area contributed by atoms with Crippen molar-refractivity contribution < 1.29 is 9.63 Å². The summed E-state index contributed by atoms with van der Waals surface area (Å²) in [6, 6.07) is 9.05. The van der Waals surface area contributed by atoms with E-state index in [0.29, 0.717) is 23.0 Å². The molecule has 0 spiro atoms. The van der Waals surface area contributed by atoms with Crippen LogP contribution in [-0.4, -0.2) is 20.2 Å². The molecule has 0 bridgehead atoms. The topological polar surface area (TPSA) is 72.0 Å². The molecule has 0 radical (unpaired) electrons. The third-order valence-corrected chi connectivity index (χ3v) is 3.10. The Labute approximate surface area is 115 Å². The molecule has 3 aromatic rings. The van der Waals surface area contributed by atoms with Gasteiger partial charge in [-0.05, 0) is 43.2 Å². The fraction of sp³-hybridized carbons (Fsp3) is 0.133. The zero-order valence-corrected chi connectivity index (χ0v) is 11.2. The van der Waals surface area contributed by atoms with E-state index in [2.05, 4.69) is 15.1 Å². The van der Waals surface area contributed by atoms with E-state index in [1.807, 2.05) is 32.0 Å². The molecular formula is C15H13N3O2. The Morgan fingerprint density at radius 2 is 1.95 bits per heavy atom. The third kappa shape index (κ3) is 2.14. The minimum Gasteiger partial charge on any atom is -0.508 e. The first kappa shape index (κ1) is 12.3. The highest BCUT2D eigenvalue weighted by Gasteiger charge is 2.13. The molecule has 0 unspecified atom stereocenters. The Morgan fingerprint density at radius 1 is 1.10 bits per heavy atom. The van der Waals surface area contributed by atoms with Crippen LogP contribution < -0.4 is 0 Å². The zero-order chi connectivity index (χ0) is 14.1. The van der Waals surface area contributed by atoms with E-state index in [4.69, 9.17) is 4.52 Å². The molecule has 2 heterocycles. The fourth-order valence-corrected chi connectivity index (χ4v) is 1.90. The van der Waals surface area contributed by atoms with E-state index >= 15 is 0 Å². The maximum atomic E-state index is 9.73. The first-order chi connectivity index (χ1) is 9.65. The second-order valence-electron chi connectivity index (χ2n) is 4.59. The quantitative estimate of drug-likeness (QED) is 0.772. The molecular weight excluding hydrogens is 254 g/mol. The minimum atomic E-state index is 0.205. The molecule has 5 nitrogen and oxygen atoms in total. The summed E-state index contributed by atoms with van der Waals surface area (Å²) in [7, 11) is 0. The third-order valence-electron chi connectivity index (χ3n) is 3.10. The predicted octanol–water partition coefficient (Wildman–Crippen LogP) is 3.12. The Hall–Kier alpha value is -2.69. The smallest absolute Gasteiger partial charge is 0.258 e. The average molecular weight is 267 g/mol. The number of phenols is 1. The van der Waals surface area contributed by atoms with Crippen LogP contribution in [0.25, 0.3) is 23.0 Å². The lowest BCUT2D eigenvalue weighted by Crippen LogP contribution is -1.89. The molecule has 0 aliphatic heterocycles. The van der Waals surface area contributed by atoms with Crippen molar-refractivity contribution >= 4 is 0 Å². The van der Waals surface area contributed by atoms with Crippen LogP contribution >= 0.6 is 0 Å². The van der Waals surface area contributed by atoms with Gasteiger partial charge >= 0.3 is 0 Å². The average Bonchev–Trinajstić information content (AvgIpc) is 2.92. The van der Waals surface area contributed by atoms with E-state index in [-0.39, 0.29) is 5.75 Å². The van der Waals surface area contributed by atoms with Gasteiger partial charge in [-0.3, -0.25) is 4.98 Å². The molecule has 1 N–H and O–H groups in total. The lowest BCUT2D eigenvalue weighted by Gasteiger charge is -1.99. The number of benzene rings is 1. The largest absolute Gasteiger partial charge is 0.508 e. The van der Waals surface area contributed by atoms with E-state index in [9.17, 15) is 5.11 Å². The number of pyridine rings is 1. The van der Waals surface area contributed by atoms with Crippen molar-refractivity contribution in [1.29, 1.82) is 0 Å². The lowest BCUT2D eigenvalue weighted by molar-refractivity contribution is 0.431. The summed E-state index contributed by atoms with van der Waals surface area (Å²) in [6.45, 7) is 3.77. The maximum Gasteiger partial charge on any atom is 0.258 e. The summed E-state index contributed by atoms with van der Waals surface area (Å²) in [5.41, 5.74) is 3.15. The molecule has 1 aromatic carbocycles. The van der Waals surface area contributed by atoms with Crippen LogP contribution in [0.15, 0.2) is 41.1 Å². The van der Waals surface area contributed by atoms with Crippen LogP contribution in [0.1, 0.15) is 11.1 Å². The standard InChI is InChI=1S/C15H13N3O2/c1-9-5-6-11(8-12(9)19)15-17-14(18-20-15)13-10(2)4-3-7-16-13/h3-8,19H,1-2H3. The zero-order valence-electron chi connectivity index (χ0n) is 11.2. The normalized spacial score (nSPS) is 10.7. The van der Waals surface area contributed by atoms with Gasteiger partial charge in [-0.2, -0.15) is 4.98 Å². The summed E-state index contributed by atoms with van der Waals surface area (Å²) in [4.78, 5) is 8.58. The van der Waals surface area contributed by atoms with Crippen molar-refractivity contribution in [3.63, 3.8) is 0 Å². The number of aryl methyl sites for hydroxylation is 2. The van der Waals surface area contributed by atoms with Crippen molar-refractivity contribution in [2.75, 3.05) is 0 Å². The highest BCUT2D eigenvalue weighted by molar-refractivity contribution is 5.61. The van der Waals surface area contributed by atoms with Crippen molar-refractivity contribution in [2.24, 2.45) is 0 Å². The van der Waals surface area contributed by atoms with Gasteiger partial charge in [-0.1, -0.05) is 17.3 Å². The SMILES string of the molecule is Cc1ccc(-c2nc(-c3ncccc3C)no2)cc1O. The second-order valence-corrected chi connectivity index (χ2v) is 4.59. The fourth-order valence-electron chi connectivity index (χ4n) is 1.90. The molecule has 3 rings (SSSR count). The molecule has 20 heavy (non-hydrogen) atoms. The molecule has 0 fully saturated rings. The van der Waals surface area contributed by atoms with Gasteiger partial charge < -0.3 is 9.63 Å². The number of phenolic OH excluding ortho intramolecular Hbond substituents is 1. The molecule has 5 heteroatoms. The number of nitrogens with zero attached hydrogens (tertiary/aromatic N) is 3. The molecule has 0 aliphatic carbocycles. The van der Waals surface area contributed by atoms with Crippen LogP contribution in [-0.2, 0) is 0 Å². The van der Waals surface area contributed by atoms with Gasteiger partial charge in [0.05, 0.1) is 0 Å². The van der Waals surface area contributed by atoms with Gasteiger partial charge in [0.25, 0.3) is 5.89 Å². The van der Waals surface area contributed by atoms with Crippen molar-refractivity contribution in [3.05, 3.63) is 47.7 Å². The minimum absolute atomic E-state index is 0.205. The summed E-state index contributed by atoms with van der Waals surface area (Å²) < 4.78 is 5.24. The van der Waals surface area contributed by atoms with E-state index in [1.54, 1.807) is 18.3 Å². The predicted molar refractivity (Wildman–Crippen MR) is 74.1 cm³/mol. The van der Waals surface area contributed by atoms with Gasteiger partial charge in [0, 0.05) is 11.8 Å². The summed E-state index contributed by atoms with van der Waals surface area (Å²) in [5.74, 6) is 1.01. The highest BCUT2D eigenvalue weighted by Crippen LogP contribution is 2.26. The van der Waals surface area contributed by atoms with Crippen LogP contribution in [0, 0.1) is 13.8 Å². The Bertz CT molecular complexity index is 765. The molecule has 100 valence electrons. The van der Waals surface area contributed by atoms with Crippen molar-refractivity contribution in [1.82, 2.24) is 15.1 Å². The van der Waals surface area contributed by atoms with Crippen LogP contribution in [0.2, 0.25) is 0 Å². The Morgan fingerprint density at radius 3 is 2.70 bits per heavy atom. The second kappa shape index (κ2) is 4.77. The molecule has 2 aromatic heterocycles. The van der Waals surface area contributed by atoms with Crippen molar-refractivity contribution in [3.8, 4) is 28.7 Å². The van der Waals surface area contributed by atoms with Gasteiger partial charge in [0.2, 0.25) is 5.82 Å². The number of hydrogen-bond donors (Lipinski definition) is 1. The number of rotatable bonds is 2. The van der Waals surface area contributed by atoms with Gasteiger partial charge in [-0.15, -0.1) is 0 Å². The summed E-state index contributed by atoms with van der Waals surface area (Å²) in [6.07, 6.45) is 1.69. The van der Waals surface area contributed by atoms with Crippen LogP contribution in [0.3, 0.4) is 0 Å². The van der Waals surface area contributed by atoms with E-state index < -0.39 is 0 Å². The Kier molecular flexibility index (Phi) is 2.95. The maximum absolute atomic E-state index is 9.73. The molecule has 0 saturated carbocycles. The van der Waals surface area contributed by atoms with E-state index in [0.717, 1.165) is 11.1 Å². The number of aromatic hydroxyl groups is 1. The number of hydrogen-bond acceptors (Lipinski definition) is 5. The summed E-state index contributed by atoms with van der Waals surface area (Å²) >= 11 is 0. The lowest BCUT2D eigenvalue weighted by atomic mass is 10.1. The highest BCUT2D eigenvalue weighted by atomic mass is 16.5. The monoisotopic (exact) mass is 267 g/mol. The molecule has 0 amide bonds. The summed E-state index contributed by atoms with van der Waals surface area (Å²) in [5, 5.41) is 13.7. The molecule has 0 saturated heterocycles. The molecule has 0 aliphatic rings. The first-order valence-electron chi connectivity index (χ1n) is 6.21. The Balaban J connectivity index is 2.02. The van der Waals surface area contributed by atoms with Crippen LogP contribution in [0.4, 0.5) is 0 Å². The first-order valence-corrected chi connectivity index (χ1v) is 6.21. The van der Waals surface area contributed by atoms with Crippen molar-refractivity contribution in [2.45, 2.75) is 13.8 Å². The molecule has 0 atom stereocenters. The number of aromatic nitrogens is 3. The van der Waals surface area contributed by atoms with E-state index in [1.165, 1.54) is 0 Å².